The van der Waals surface area contributed by atoms with Crippen LogP contribution in [-0.2, 0) is 0 Å². The van der Waals surface area contributed by atoms with Crippen LogP contribution in [-0.4, -0.2) is 17.3 Å². The van der Waals surface area contributed by atoms with Crippen LogP contribution in [0, 0.1) is 0 Å². The fourth-order valence-corrected chi connectivity index (χ4v) is 3.30. The molecule has 0 amide bonds. The summed E-state index contributed by atoms with van der Waals surface area (Å²) in [5.74, 6) is 0.762. The lowest BCUT2D eigenvalue weighted by atomic mass is 10.1. The van der Waals surface area contributed by atoms with Gasteiger partial charge < -0.3 is 0 Å². The first-order valence-electron chi connectivity index (χ1n) is 6.53. The quantitative estimate of drug-likeness (QED) is 0.549. The standard InChI is InChI=1S/C16H16O2S2/c1-2-4-14(17)12-6-8-13(9-7-12)20-11-15(18)16-5-3-10-19-16/h3,5-10H,2,4,11H2,1H3. The SMILES string of the molecule is CCCC(=O)c1ccc(SCC(=O)c2cccs2)cc1. The molecule has 0 saturated carbocycles. The molecule has 4 heteroatoms. The van der Waals surface area contributed by atoms with Crippen LogP contribution in [0.3, 0.4) is 0 Å². The second-order valence-electron chi connectivity index (χ2n) is 4.39. The van der Waals surface area contributed by atoms with Gasteiger partial charge in [-0.3, -0.25) is 9.59 Å². The minimum absolute atomic E-state index is 0.149. The van der Waals surface area contributed by atoms with E-state index < -0.39 is 0 Å². The number of thioether (sulfide) groups is 1. The van der Waals surface area contributed by atoms with Crippen LogP contribution in [0.25, 0.3) is 0 Å². The van der Waals surface area contributed by atoms with Gasteiger partial charge in [0.05, 0.1) is 10.6 Å². The Morgan fingerprint density at radius 1 is 1.10 bits per heavy atom. The Balaban J connectivity index is 1.91. The highest BCUT2D eigenvalue weighted by Crippen LogP contribution is 2.21. The average Bonchev–Trinajstić information content (AvgIpc) is 3.00. The summed E-state index contributed by atoms with van der Waals surface area (Å²) >= 11 is 2.98. The summed E-state index contributed by atoms with van der Waals surface area (Å²) < 4.78 is 0. The molecule has 2 rings (SSSR count). The van der Waals surface area contributed by atoms with Gasteiger partial charge in [0.1, 0.15) is 0 Å². The van der Waals surface area contributed by atoms with E-state index in [1.807, 2.05) is 48.7 Å². The number of hydrogen-bond donors (Lipinski definition) is 0. The Hall–Kier alpha value is -1.39. The number of thiophene rings is 1. The van der Waals surface area contributed by atoms with Crippen LogP contribution in [0.15, 0.2) is 46.7 Å². The molecule has 0 radical (unpaired) electrons. The molecule has 2 aromatic rings. The van der Waals surface area contributed by atoms with Crippen molar-refractivity contribution >= 4 is 34.7 Å². The highest BCUT2D eigenvalue weighted by Gasteiger charge is 2.08. The zero-order valence-electron chi connectivity index (χ0n) is 11.3. The number of carbonyl (C=O) groups is 2. The molecule has 1 aromatic carbocycles. The fourth-order valence-electron chi connectivity index (χ4n) is 1.77. The molecule has 0 spiro atoms. The monoisotopic (exact) mass is 304 g/mol. The zero-order chi connectivity index (χ0) is 14.4. The van der Waals surface area contributed by atoms with Crippen molar-refractivity contribution in [3.8, 4) is 0 Å². The summed E-state index contributed by atoms with van der Waals surface area (Å²) in [6.07, 6.45) is 1.45. The molecule has 0 aliphatic carbocycles. The van der Waals surface area contributed by atoms with E-state index in [4.69, 9.17) is 0 Å². The van der Waals surface area contributed by atoms with Gasteiger partial charge in [0.2, 0.25) is 0 Å². The fraction of sp³-hybridized carbons (Fsp3) is 0.250. The normalized spacial score (nSPS) is 10.4. The number of benzene rings is 1. The Morgan fingerprint density at radius 3 is 2.45 bits per heavy atom. The third kappa shape index (κ3) is 4.05. The average molecular weight is 304 g/mol. The van der Waals surface area contributed by atoms with E-state index in [0.717, 1.165) is 21.8 Å². The number of hydrogen-bond acceptors (Lipinski definition) is 4. The molecule has 2 nitrogen and oxygen atoms in total. The van der Waals surface area contributed by atoms with Crippen molar-refractivity contribution in [1.82, 2.24) is 0 Å². The maximum absolute atomic E-state index is 11.9. The van der Waals surface area contributed by atoms with Crippen molar-refractivity contribution in [3.63, 3.8) is 0 Å². The predicted molar refractivity (Wildman–Crippen MR) is 85.1 cm³/mol. The van der Waals surface area contributed by atoms with Crippen LogP contribution < -0.4 is 0 Å². The summed E-state index contributed by atoms with van der Waals surface area (Å²) in [7, 11) is 0. The molecule has 0 saturated heterocycles. The van der Waals surface area contributed by atoms with Gasteiger partial charge in [0.25, 0.3) is 0 Å². The molecular formula is C16H16O2S2. The molecule has 0 fully saturated rings. The number of carbonyl (C=O) groups excluding carboxylic acids is 2. The number of rotatable bonds is 7. The topological polar surface area (TPSA) is 34.1 Å². The first-order chi connectivity index (χ1) is 9.70. The lowest BCUT2D eigenvalue weighted by molar-refractivity contribution is 0.0980. The molecule has 0 bridgehead atoms. The van der Waals surface area contributed by atoms with Crippen LogP contribution >= 0.6 is 23.1 Å². The predicted octanol–water partition coefficient (Wildman–Crippen LogP) is 4.71. The van der Waals surface area contributed by atoms with Gasteiger partial charge in [0.15, 0.2) is 11.6 Å². The molecule has 0 aliphatic heterocycles. The Labute approximate surface area is 127 Å². The van der Waals surface area contributed by atoms with Crippen LogP contribution in [0.5, 0.6) is 0 Å². The zero-order valence-corrected chi connectivity index (χ0v) is 12.9. The summed E-state index contributed by atoms with van der Waals surface area (Å²) in [4.78, 5) is 25.4. The highest BCUT2D eigenvalue weighted by molar-refractivity contribution is 8.00. The molecule has 0 unspecified atom stereocenters. The van der Waals surface area contributed by atoms with Gasteiger partial charge in [-0.2, -0.15) is 0 Å². The second-order valence-corrected chi connectivity index (χ2v) is 6.38. The van der Waals surface area contributed by atoms with Crippen LogP contribution in [0.1, 0.15) is 39.8 Å². The minimum Gasteiger partial charge on any atom is -0.294 e. The molecule has 0 N–H and O–H groups in total. The van der Waals surface area contributed by atoms with Gasteiger partial charge in [0, 0.05) is 16.9 Å². The maximum atomic E-state index is 11.9. The summed E-state index contributed by atoms with van der Waals surface area (Å²) in [5.41, 5.74) is 0.751. The summed E-state index contributed by atoms with van der Waals surface area (Å²) in [6.45, 7) is 2.00. The first kappa shape index (κ1) is 15.0. The third-order valence-corrected chi connectivity index (χ3v) is 4.74. The van der Waals surface area contributed by atoms with E-state index in [0.29, 0.717) is 12.2 Å². The van der Waals surface area contributed by atoms with Crippen LogP contribution in [0.2, 0.25) is 0 Å². The van der Waals surface area contributed by atoms with E-state index in [-0.39, 0.29) is 11.6 Å². The number of ketones is 2. The lowest BCUT2D eigenvalue weighted by Gasteiger charge is -2.02. The van der Waals surface area contributed by atoms with E-state index in [1.54, 1.807) is 0 Å². The van der Waals surface area contributed by atoms with Crippen molar-refractivity contribution in [1.29, 1.82) is 0 Å². The van der Waals surface area contributed by atoms with E-state index in [9.17, 15) is 9.59 Å². The Bertz CT molecular complexity index is 571. The number of Topliss-reactive ketones (excluding diaryl/α,β-unsaturated/α-hetero) is 2. The van der Waals surface area contributed by atoms with Crippen molar-refractivity contribution in [2.75, 3.05) is 5.75 Å². The minimum atomic E-state index is 0.149. The van der Waals surface area contributed by atoms with E-state index in [1.165, 1.54) is 23.1 Å². The summed E-state index contributed by atoms with van der Waals surface area (Å²) in [6, 6.07) is 11.2. The third-order valence-electron chi connectivity index (χ3n) is 2.82. The molecule has 1 aromatic heterocycles. The molecule has 1 heterocycles. The molecule has 104 valence electrons. The lowest BCUT2D eigenvalue weighted by Crippen LogP contribution is -2.00. The van der Waals surface area contributed by atoms with Crippen molar-refractivity contribution in [2.24, 2.45) is 0 Å². The molecule has 0 aliphatic rings. The summed E-state index contributed by atoms with van der Waals surface area (Å²) in [5, 5.41) is 1.91. The molecular weight excluding hydrogens is 288 g/mol. The second kappa shape index (κ2) is 7.41. The largest absolute Gasteiger partial charge is 0.294 e. The van der Waals surface area contributed by atoms with Crippen molar-refractivity contribution in [2.45, 2.75) is 24.7 Å². The van der Waals surface area contributed by atoms with Gasteiger partial charge >= 0.3 is 0 Å². The van der Waals surface area contributed by atoms with Gasteiger partial charge in [-0.15, -0.1) is 23.1 Å². The first-order valence-corrected chi connectivity index (χ1v) is 8.40. The van der Waals surface area contributed by atoms with Crippen molar-refractivity contribution < 1.29 is 9.59 Å². The Kier molecular flexibility index (Phi) is 5.56. The van der Waals surface area contributed by atoms with Gasteiger partial charge in [-0.1, -0.05) is 25.1 Å². The molecule has 0 atom stereocenters. The van der Waals surface area contributed by atoms with E-state index >= 15 is 0 Å². The van der Waals surface area contributed by atoms with Crippen molar-refractivity contribution in [3.05, 3.63) is 52.2 Å². The Morgan fingerprint density at radius 2 is 1.85 bits per heavy atom. The van der Waals surface area contributed by atoms with Gasteiger partial charge in [-0.05, 0) is 30.0 Å². The highest BCUT2D eigenvalue weighted by atomic mass is 32.2. The van der Waals surface area contributed by atoms with E-state index in [2.05, 4.69) is 0 Å². The van der Waals surface area contributed by atoms with Crippen LogP contribution in [0.4, 0.5) is 0 Å². The smallest absolute Gasteiger partial charge is 0.182 e. The maximum Gasteiger partial charge on any atom is 0.182 e. The van der Waals surface area contributed by atoms with Gasteiger partial charge in [-0.25, -0.2) is 0 Å². The molecule has 20 heavy (non-hydrogen) atoms.